The summed E-state index contributed by atoms with van der Waals surface area (Å²) in [5, 5.41) is 9.95. The highest BCUT2D eigenvalue weighted by Gasteiger charge is 2.33. The Morgan fingerprint density at radius 2 is 1.80 bits per heavy atom. The molecule has 188 valence electrons. The van der Waals surface area contributed by atoms with Gasteiger partial charge in [-0.3, -0.25) is 14.8 Å². The number of nitrogens with zero attached hydrogens (tertiary/aromatic N) is 4. The molecular formula is C26H31F3N4O2. The lowest BCUT2D eigenvalue weighted by Gasteiger charge is -2.39. The van der Waals surface area contributed by atoms with Gasteiger partial charge in [-0.1, -0.05) is 13.8 Å². The van der Waals surface area contributed by atoms with Gasteiger partial charge in [0.15, 0.2) is 0 Å². The van der Waals surface area contributed by atoms with E-state index in [0.29, 0.717) is 31.7 Å². The van der Waals surface area contributed by atoms with Crippen molar-refractivity contribution in [2.24, 2.45) is 0 Å². The summed E-state index contributed by atoms with van der Waals surface area (Å²) in [4.78, 5) is 20.1. The van der Waals surface area contributed by atoms with E-state index in [9.17, 15) is 23.1 Å². The smallest absolute Gasteiger partial charge is 0.401 e. The van der Waals surface area contributed by atoms with E-state index < -0.39 is 18.7 Å². The summed E-state index contributed by atoms with van der Waals surface area (Å²) in [7, 11) is 0. The largest absolute Gasteiger partial charge is 0.478 e. The van der Waals surface area contributed by atoms with Crippen molar-refractivity contribution < 1.29 is 23.1 Å². The quantitative estimate of drug-likeness (QED) is 0.505. The monoisotopic (exact) mass is 488 g/mol. The predicted molar refractivity (Wildman–Crippen MR) is 129 cm³/mol. The fourth-order valence-electron chi connectivity index (χ4n) is 5.01. The molecule has 1 fully saturated rings. The highest BCUT2D eigenvalue weighted by molar-refractivity contribution is 5.94. The van der Waals surface area contributed by atoms with E-state index in [-0.39, 0.29) is 17.5 Å². The maximum absolute atomic E-state index is 12.8. The molecule has 0 spiro atoms. The molecule has 1 aliphatic heterocycles. The van der Waals surface area contributed by atoms with Crippen molar-refractivity contribution in [2.45, 2.75) is 45.8 Å². The Balaban J connectivity index is 1.74. The number of alkyl halides is 3. The van der Waals surface area contributed by atoms with Crippen LogP contribution in [0.2, 0.25) is 0 Å². The molecule has 0 aliphatic carbocycles. The zero-order valence-electron chi connectivity index (χ0n) is 20.4. The molecule has 1 saturated heterocycles. The van der Waals surface area contributed by atoms with Gasteiger partial charge in [-0.15, -0.1) is 0 Å². The van der Waals surface area contributed by atoms with Crippen LogP contribution in [-0.2, 0) is 0 Å². The Morgan fingerprint density at radius 3 is 2.40 bits per heavy atom. The van der Waals surface area contributed by atoms with Crippen molar-refractivity contribution in [3.63, 3.8) is 0 Å². The highest BCUT2D eigenvalue weighted by Crippen LogP contribution is 2.34. The number of halogens is 3. The third kappa shape index (κ3) is 5.21. The fraction of sp³-hybridized carbons (Fsp3) is 0.462. The number of hydrogen-bond acceptors (Lipinski definition) is 4. The zero-order chi connectivity index (χ0) is 25.5. The molecule has 3 aromatic rings. The van der Waals surface area contributed by atoms with Crippen LogP contribution in [0.3, 0.4) is 0 Å². The molecule has 0 amide bonds. The van der Waals surface area contributed by atoms with Crippen molar-refractivity contribution in [1.82, 2.24) is 19.2 Å². The topological polar surface area (TPSA) is 61.1 Å². The minimum Gasteiger partial charge on any atom is -0.478 e. The third-order valence-corrected chi connectivity index (χ3v) is 6.92. The van der Waals surface area contributed by atoms with E-state index in [1.54, 1.807) is 19.2 Å². The van der Waals surface area contributed by atoms with Crippen molar-refractivity contribution in [3.8, 4) is 11.1 Å². The van der Waals surface area contributed by atoms with Crippen LogP contribution in [-0.4, -0.2) is 69.2 Å². The molecule has 4 heterocycles. The summed E-state index contributed by atoms with van der Waals surface area (Å²) in [5.74, 6) is -0.745. The van der Waals surface area contributed by atoms with Gasteiger partial charge < -0.3 is 9.51 Å². The molecule has 0 saturated carbocycles. The van der Waals surface area contributed by atoms with Gasteiger partial charge in [-0.25, -0.2) is 4.79 Å². The lowest BCUT2D eigenvalue weighted by molar-refractivity contribution is -0.149. The summed E-state index contributed by atoms with van der Waals surface area (Å²) < 4.78 is 40.4. The molecular weight excluding hydrogens is 457 g/mol. The molecule has 4 rings (SSSR count). The summed E-state index contributed by atoms with van der Waals surface area (Å²) in [6.45, 7) is 8.63. The van der Waals surface area contributed by atoms with Gasteiger partial charge in [0, 0.05) is 61.6 Å². The van der Waals surface area contributed by atoms with E-state index in [1.165, 1.54) is 4.90 Å². The van der Waals surface area contributed by atoms with Gasteiger partial charge in [-0.05, 0) is 55.2 Å². The molecule has 35 heavy (non-hydrogen) atoms. The van der Waals surface area contributed by atoms with Crippen molar-refractivity contribution in [2.75, 3.05) is 32.7 Å². The summed E-state index contributed by atoms with van der Waals surface area (Å²) in [5.41, 5.74) is 5.35. The minimum atomic E-state index is -4.21. The fourth-order valence-corrected chi connectivity index (χ4v) is 5.01. The summed E-state index contributed by atoms with van der Waals surface area (Å²) >= 11 is 0. The predicted octanol–water partition coefficient (Wildman–Crippen LogP) is 5.37. The third-order valence-electron chi connectivity index (χ3n) is 6.92. The molecule has 1 atom stereocenters. The van der Waals surface area contributed by atoms with Crippen LogP contribution in [0.1, 0.15) is 60.0 Å². The first-order chi connectivity index (χ1) is 16.5. The molecule has 9 heteroatoms. The van der Waals surface area contributed by atoms with Gasteiger partial charge in [0.25, 0.3) is 0 Å². The number of aromatic carboxylic acids is 1. The second-order valence-corrected chi connectivity index (χ2v) is 9.59. The van der Waals surface area contributed by atoms with Crippen molar-refractivity contribution >= 4 is 11.5 Å². The number of carbonyl (C=O) groups is 1. The maximum atomic E-state index is 12.8. The second-order valence-electron chi connectivity index (χ2n) is 9.59. The number of fused-ring (bicyclic) bond motifs is 1. The first-order valence-corrected chi connectivity index (χ1v) is 11.8. The van der Waals surface area contributed by atoms with Gasteiger partial charge >= 0.3 is 12.1 Å². The van der Waals surface area contributed by atoms with Gasteiger partial charge in [0.1, 0.15) is 0 Å². The van der Waals surface area contributed by atoms with E-state index in [0.717, 1.165) is 28.0 Å². The standard InChI is InChI=1S/C26H31F3N4O2/c1-16(2)22-13-19(5-7-30-22)20-6-8-33-23(20)14-21(25(34)35)17(3)24(33)18(4)32-11-9-31(10-12-32)15-26(27,28)29/h5-8,13-14,16,18H,9-12,15H2,1-4H3,(H,34,35). The summed E-state index contributed by atoms with van der Waals surface area (Å²) in [6, 6.07) is 7.47. The lowest BCUT2D eigenvalue weighted by Crippen LogP contribution is -2.49. The van der Waals surface area contributed by atoms with Crippen LogP contribution in [0.4, 0.5) is 13.2 Å². The first kappa shape index (κ1) is 25.2. The zero-order valence-corrected chi connectivity index (χ0v) is 20.4. The molecule has 0 bridgehead atoms. The van der Waals surface area contributed by atoms with Gasteiger partial charge in [0.05, 0.1) is 17.6 Å². The Labute approximate surface area is 203 Å². The van der Waals surface area contributed by atoms with Crippen LogP contribution in [0, 0.1) is 6.92 Å². The van der Waals surface area contributed by atoms with E-state index in [1.807, 2.05) is 35.7 Å². The summed E-state index contributed by atoms with van der Waals surface area (Å²) in [6.07, 6.45) is -0.495. The number of carboxylic acids is 1. The Morgan fingerprint density at radius 1 is 1.11 bits per heavy atom. The van der Waals surface area contributed by atoms with Gasteiger partial charge in [-0.2, -0.15) is 13.2 Å². The molecule has 0 radical (unpaired) electrons. The van der Waals surface area contributed by atoms with E-state index in [2.05, 4.69) is 23.7 Å². The van der Waals surface area contributed by atoms with Crippen LogP contribution in [0.25, 0.3) is 16.6 Å². The van der Waals surface area contributed by atoms with Crippen molar-refractivity contribution in [3.05, 3.63) is 59.2 Å². The number of aromatic nitrogens is 2. The Bertz CT molecular complexity index is 1230. The maximum Gasteiger partial charge on any atom is 0.401 e. The number of pyridine rings is 2. The molecule has 6 nitrogen and oxygen atoms in total. The van der Waals surface area contributed by atoms with Crippen LogP contribution < -0.4 is 0 Å². The van der Waals surface area contributed by atoms with Gasteiger partial charge in [0.2, 0.25) is 0 Å². The average Bonchev–Trinajstić information content (AvgIpc) is 3.21. The number of hydrogen-bond donors (Lipinski definition) is 1. The minimum absolute atomic E-state index is 0.172. The molecule has 0 aromatic carbocycles. The van der Waals surface area contributed by atoms with E-state index >= 15 is 0 Å². The highest BCUT2D eigenvalue weighted by atomic mass is 19.4. The van der Waals surface area contributed by atoms with Crippen molar-refractivity contribution in [1.29, 1.82) is 0 Å². The van der Waals surface area contributed by atoms with Crippen LogP contribution in [0.15, 0.2) is 36.7 Å². The van der Waals surface area contributed by atoms with E-state index in [4.69, 9.17) is 0 Å². The normalized spacial score (nSPS) is 16.8. The SMILES string of the molecule is Cc1c(C(=O)O)cc2c(-c3ccnc(C(C)C)c3)ccn2c1C(C)N1CCN(CC(F)(F)F)CC1. The first-order valence-electron chi connectivity index (χ1n) is 11.8. The second kappa shape index (κ2) is 9.62. The van der Waals surface area contributed by atoms with Crippen LogP contribution >= 0.6 is 0 Å². The average molecular weight is 489 g/mol. The molecule has 1 N–H and O–H groups in total. The van der Waals surface area contributed by atoms with Crippen LogP contribution in [0.5, 0.6) is 0 Å². The number of rotatable bonds is 6. The molecule has 1 aliphatic rings. The molecule has 1 unspecified atom stereocenters. The number of carboxylic acid groups (broad SMARTS) is 1. The Hall–Kier alpha value is -2.91. The molecule has 3 aromatic heterocycles. The lowest BCUT2D eigenvalue weighted by atomic mass is 9.99. The Kier molecular flexibility index (Phi) is 6.92. The number of piperazine rings is 1.